The summed E-state index contributed by atoms with van der Waals surface area (Å²) < 4.78 is 36.0. The summed E-state index contributed by atoms with van der Waals surface area (Å²) in [6.45, 7) is 8.02. The zero-order valence-electron chi connectivity index (χ0n) is 19.9. The maximum absolute atomic E-state index is 13.0. The lowest BCUT2D eigenvalue weighted by Crippen LogP contribution is -2.51. The first-order valence-electron chi connectivity index (χ1n) is 11.1. The van der Waals surface area contributed by atoms with Crippen LogP contribution in [0.25, 0.3) is 16.8 Å². The van der Waals surface area contributed by atoms with E-state index in [-0.39, 0.29) is 6.54 Å². The number of methoxy groups -OCH3 is 1. The third-order valence-corrected chi connectivity index (χ3v) is 8.35. The number of hydrogen-bond acceptors (Lipinski definition) is 6. The van der Waals surface area contributed by atoms with Gasteiger partial charge < -0.3 is 9.47 Å². The highest BCUT2D eigenvalue weighted by atomic mass is 32.2. The predicted octanol–water partition coefficient (Wildman–Crippen LogP) is 4.22. The number of sulfonamides is 1. The van der Waals surface area contributed by atoms with Crippen LogP contribution in [0.5, 0.6) is 5.88 Å². The van der Waals surface area contributed by atoms with Crippen molar-refractivity contribution >= 4 is 21.6 Å². The van der Waals surface area contributed by atoms with Gasteiger partial charge in [-0.15, -0.1) is 0 Å². The molecule has 0 N–H and O–H groups in total. The highest BCUT2D eigenvalue weighted by Crippen LogP contribution is 2.31. The van der Waals surface area contributed by atoms with Crippen molar-refractivity contribution in [3.8, 4) is 17.1 Å². The SMILES string of the molecule is CCCOc1cccc(-c2ccc(C3=CCN(S(=O)(=O)C(C)(C)C(=O)OC)CC3)cc2C)n1. The van der Waals surface area contributed by atoms with Crippen LogP contribution in [-0.2, 0) is 19.6 Å². The van der Waals surface area contributed by atoms with Gasteiger partial charge in [0.2, 0.25) is 15.9 Å². The number of rotatable bonds is 8. The van der Waals surface area contributed by atoms with Gasteiger partial charge in [-0.2, -0.15) is 4.31 Å². The van der Waals surface area contributed by atoms with E-state index in [1.807, 2.05) is 43.3 Å². The first-order chi connectivity index (χ1) is 15.6. The molecule has 0 fully saturated rings. The number of nitrogens with zero attached hydrogens (tertiary/aromatic N) is 2. The van der Waals surface area contributed by atoms with Crippen LogP contribution in [0.15, 0.2) is 42.5 Å². The average Bonchev–Trinajstić information content (AvgIpc) is 2.82. The number of esters is 1. The van der Waals surface area contributed by atoms with Crippen molar-refractivity contribution in [2.75, 3.05) is 26.8 Å². The fraction of sp³-hybridized carbons (Fsp3) is 0.440. The Morgan fingerprint density at radius 2 is 1.97 bits per heavy atom. The Labute approximate surface area is 196 Å². The molecule has 178 valence electrons. The summed E-state index contributed by atoms with van der Waals surface area (Å²) in [6.07, 6.45) is 3.40. The van der Waals surface area contributed by atoms with E-state index in [0.717, 1.165) is 34.4 Å². The number of aromatic nitrogens is 1. The highest BCUT2D eigenvalue weighted by molar-refractivity contribution is 7.91. The molecule has 0 bridgehead atoms. The summed E-state index contributed by atoms with van der Waals surface area (Å²) in [5.74, 6) is -0.148. The summed E-state index contributed by atoms with van der Waals surface area (Å²) in [6, 6.07) is 11.9. The Morgan fingerprint density at radius 1 is 1.21 bits per heavy atom. The van der Waals surface area contributed by atoms with Crippen LogP contribution in [0.3, 0.4) is 0 Å². The Balaban J connectivity index is 1.79. The molecule has 0 unspecified atom stereocenters. The van der Waals surface area contributed by atoms with Crippen LogP contribution in [-0.4, -0.2) is 55.2 Å². The molecular formula is C25H32N2O5S. The monoisotopic (exact) mass is 472 g/mol. The third-order valence-electron chi connectivity index (χ3n) is 5.88. The van der Waals surface area contributed by atoms with Crippen LogP contribution < -0.4 is 4.74 Å². The third kappa shape index (κ3) is 5.12. The molecule has 3 rings (SSSR count). The largest absolute Gasteiger partial charge is 0.478 e. The Kier molecular flexibility index (Phi) is 7.59. The topological polar surface area (TPSA) is 85.8 Å². The van der Waals surface area contributed by atoms with E-state index in [1.54, 1.807) is 0 Å². The molecule has 0 radical (unpaired) electrons. The van der Waals surface area contributed by atoms with E-state index < -0.39 is 20.7 Å². The molecule has 1 aromatic carbocycles. The molecule has 2 aromatic rings. The minimum Gasteiger partial charge on any atom is -0.478 e. The number of ether oxygens (including phenoxy) is 2. The zero-order valence-corrected chi connectivity index (χ0v) is 20.7. The Morgan fingerprint density at radius 3 is 2.58 bits per heavy atom. The molecule has 1 aromatic heterocycles. The van der Waals surface area contributed by atoms with Crippen molar-refractivity contribution in [3.05, 3.63) is 53.6 Å². The first-order valence-corrected chi connectivity index (χ1v) is 12.5. The van der Waals surface area contributed by atoms with Crippen molar-refractivity contribution in [1.29, 1.82) is 0 Å². The van der Waals surface area contributed by atoms with Crippen LogP contribution >= 0.6 is 0 Å². The molecule has 0 amide bonds. The van der Waals surface area contributed by atoms with Crippen LogP contribution in [0, 0.1) is 6.92 Å². The van der Waals surface area contributed by atoms with Crippen molar-refractivity contribution < 1.29 is 22.7 Å². The van der Waals surface area contributed by atoms with Gasteiger partial charge in [0.25, 0.3) is 0 Å². The zero-order chi connectivity index (χ0) is 24.2. The minimum atomic E-state index is -3.85. The number of hydrogen-bond donors (Lipinski definition) is 0. The molecule has 0 saturated heterocycles. The maximum atomic E-state index is 13.0. The smallest absolute Gasteiger partial charge is 0.328 e. The second-order valence-corrected chi connectivity index (χ2v) is 11.1. The molecule has 33 heavy (non-hydrogen) atoms. The molecule has 1 aliphatic heterocycles. The molecule has 0 atom stereocenters. The van der Waals surface area contributed by atoms with Gasteiger partial charge in [-0.25, -0.2) is 13.4 Å². The molecule has 2 heterocycles. The molecule has 0 saturated carbocycles. The molecule has 8 heteroatoms. The Bertz CT molecular complexity index is 1160. The summed E-state index contributed by atoms with van der Waals surface area (Å²) >= 11 is 0. The summed E-state index contributed by atoms with van der Waals surface area (Å²) in [5.41, 5.74) is 5.10. The normalized spacial score (nSPS) is 15.1. The molecule has 0 aliphatic carbocycles. The average molecular weight is 473 g/mol. The van der Waals surface area contributed by atoms with Gasteiger partial charge in [0.15, 0.2) is 4.75 Å². The van der Waals surface area contributed by atoms with E-state index in [0.29, 0.717) is 25.5 Å². The van der Waals surface area contributed by atoms with Gasteiger partial charge in [0.1, 0.15) is 0 Å². The van der Waals surface area contributed by atoms with Gasteiger partial charge in [-0.1, -0.05) is 37.3 Å². The lowest BCUT2D eigenvalue weighted by Gasteiger charge is -2.32. The molecule has 7 nitrogen and oxygen atoms in total. The fourth-order valence-corrected chi connectivity index (χ4v) is 5.35. The van der Waals surface area contributed by atoms with Gasteiger partial charge in [-0.3, -0.25) is 4.79 Å². The number of aryl methyl sites for hydroxylation is 1. The quantitative estimate of drug-likeness (QED) is 0.535. The lowest BCUT2D eigenvalue weighted by atomic mass is 9.95. The number of benzene rings is 1. The standard InChI is InChI=1S/C25H32N2O5S/c1-6-16-32-23-9-7-8-22(26-23)21-11-10-20(17-18(21)2)19-12-14-27(15-13-19)33(29,30)25(3,4)24(28)31-5/h7-12,17H,6,13-16H2,1-5H3. The van der Waals surface area contributed by atoms with E-state index in [2.05, 4.69) is 18.0 Å². The van der Waals surface area contributed by atoms with Gasteiger partial charge in [-0.05, 0) is 56.4 Å². The fourth-order valence-electron chi connectivity index (χ4n) is 3.81. The van der Waals surface area contributed by atoms with Crippen molar-refractivity contribution in [2.24, 2.45) is 0 Å². The number of carbonyl (C=O) groups is 1. The number of pyridine rings is 1. The molecular weight excluding hydrogens is 440 g/mol. The minimum absolute atomic E-state index is 0.220. The Hall–Kier alpha value is -2.71. The van der Waals surface area contributed by atoms with Gasteiger partial charge in [0.05, 0.1) is 19.4 Å². The summed E-state index contributed by atoms with van der Waals surface area (Å²) in [7, 11) is -2.65. The maximum Gasteiger partial charge on any atom is 0.328 e. The van der Waals surface area contributed by atoms with E-state index in [9.17, 15) is 13.2 Å². The second-order valence-electron chi connectivity index (χ2n) is 8.58. The van der Waals surface area contributed by atoms with Crippen LogP contribution in [0.2, 0.25) is 0 Å². The van der Waals surface area contributed by atoms with Crippen LogP contribution in [0.1, 0.15) is 44.7 Å². The molecule has 0 spiro atoms. The second kappa shape index (κ2) is 10.1. The first kappa shape index (κ1) is 24.9. The number of carbonyl (C=O) groups excluding carboxylic acids is 1. The summed E-state index contributed by atoms with van der Waals surface area (Å²) in [5, 5.41) is 0. The van der Waals surface area contributed by atoms with E-state index in [1.165, 1.54) is 25.3 Å². The lowest BCUT2D eigenvalue weighted by molar-refractivity contribution is -0.142. The highest BCUT2D eigenvalue weighted by Gasteiger charge is 2.46. The molecule has 1 aliphatic rings. The summed E-state index contributed by atoms with van der Waals surface area (Å²) in [4.78, 5) is 16.6. The van der Waals surface area contributed by atoms with Crippen molar-refractivity contribution in [3.63, 3.8) is 0 Å². The van der Waals surface area contributed by atoms with E-state index >= 15 is 0 Å². The van der Waals surface area contributed by atoms with Gasteiger partial charge in [0, 0.05) is 24.7 Å². The van der Waals surface area contributed by atoms with Crippen molar-refractivity contribution in [2.45, 2.75) is 45.3 Å². The van der Waals surface area contributed by atoms with Crippen molar-refractivity contribution in [1.82, 2.24) is 9.29 Å². The van der Waals surface area contributed by atoms with E-state index in [4.69, 9.17) is 9.47 Å². The van der Waals surface area contributed by atoms with Gasteiger partial charge >= 0.3 is 5.97 Å². The predicted molar refractivity (Wildman–Crippen MR) is 129 cm³/mol. The van der Waals surface area contributed by atoms with Crippen LogP contribution in [0.4, 0.5) is 0 Å².